The average Bonchev–Trinajstić information content (AvgIpc) is 3.24. The van der Waals surface area contributed by atoms with Gasteiger partial charge in [0.25, 0.3) is 0 Å². The zero-order valence-electron chi connectivity index (χ0n) is 16.8. The van der Waals surface area contributed by atoms with Gasteiger partial charge >= 0.3 is 0 Å². The highest BCUT2D eigenvalue weighted by molar-refractivity contribution is 6.05. The lowest BCUT2D eigenvalue weighted by Crippen LogP contribution is -2.10. The second-order valence-electron chi connectivity index (χ2n) is 9.60. The molecule has 0 aliphatic heterocycles. The Morgan fingerprint density at radius 3 is 1.27 bits per heavy atom. The molecule has 0 heteroatoms. The van der Waals surface area contributed by atoms with Crippen LogP contribution in [0.1, 0.15) is 52.7 Å². The van der Waals surface area contributed by atoms with Gasteiger partial charge in [-0.2, -0.15) is 0 Å². The molecule has 0 heterocycles. The van der Waals surface area contributed by atoms with E-state index in [1.165, 1.54) is 44.5 Å². The van der Waals surface area contributed by atoms with Crippen molar-refractivity contribution in [1.82, 2.24) is 0 Å². The summed E-state index contributed by atoms with van der Waals surface area (Å²) < 4.78 is 0. The summed E-state index contributed by atoms with van der Waals surface area (Å²) in [7, 11) is 0. The molecular formula is C26H28. The van der Waals surface area contributed by atoms with Crippen LogP contribution < -0.4 is 0 Å². The molecule has 0 saturated carbocycles. The van der Waals surface area contributed by atoms with Crippen molar-refractivity contribution >= 4 is 0 Å². The van der Waals surface area contributed by atoms with Crippen LogP contribution >= 0.6 is 0 Å². The third-order valence-corrected chi connectivity index (χ3v) is 5.47. The molecule has 0 fully saturated rings. The minimum Gasteiger partial charge on any atom is -0.0579 e. The molecule has 0 saturated heterocycles. The Morgan fingerprint density at radius 2 is 0.846 bits per heavy atom. The lowest BCUT2D eigenvalue weighted by Gasteiger charge is -2.20. The lowest BCUT2D eigenvalue weighted by atomic mass is 9.85. The molecule has 0 amide bonds. The third kappa shape index (κ3) is 2.98. The third-order valence-electron chi connectivity index (χ3n) is 5.47. The van der Waals surface area contributed by atoms with E-state index in [1.807, 2.05) is 0 Å². The fourth-order valence-electron chi connectivity index (χ4n) is 3.65. The van der Waals surface area contributed by atoms with Gasteiger partial charge in [0.1, 0.15) is 0 Å². The summed E-state index contributed by atoms with van der Waals surface area (Å²) in [6.07, 6.45) is 0. The number of hydrogen-bond donors (Lipinski definition) is 0. The molecule has 0 radical (unpaired) electrons. The van der Waals surface area contributed by atoms with Crippen molar-refractivity contribution in [1.29, 1.82) is 0 Å². The van der Waals surface area contributed by atoms with Crippen LogP contribution in [-0.4, -0.2) is 0 Å². The van der Waals surface area contributed by atoms with E-state index in [9.17, 15) is 0 Å². The highest BCUT2D eigenvalue weighted by atomic mass is 14.3. The van der Waals surface area contributed by atoms with Gasteiger partial charge in [-0.3, -0.25) is 0 Å². The first-order valence-electron chi connectivity index (χ1n) is 9.55. The minimum absolute atomic E-state index is 0.191. The van der Waals surface area contributed by atoms with Gasteiger partial charge in [0, 0.05) is 0 Å². The van der Waals surface area contributed by atoms with Crippen LogP contribution in [0.4, 0.5) is 0 Å². The van der Waals surface area contributed by atoms with E-state index in [0.717, 1.165) is 0 Å². The lowest BCUT2D eigenvalue weighted by molar-refractivity contribution is 0.590. The van der Waals surface area contributed by atoms with Gasteiger partial charge in [-0.25, -0.2) is 0 Å². The molecule has 0 nitrogen and oxygen atoms in total. The van der Waals surface area contributed by atoms with Crippen molar-refractivity contribution < 1.29 is 0 Å². The normalized spacial score (nSPS) is 13.0. The van der Waals surface area contributed by atoms with Crippen LogP contribution in [0, 0.1) is 0 Å². The molecule has 0 atom stereocenters. The maximum Gasteiger partial charge on any atom is -0.00264 e. The van der Waals surface area contributed by atoms with Crippen molar-refractivity contribution in [2.75, 3.05) is 0 Å². The molecule has 2 aliphatic rings. The van der Waals surface area contributed by atoms with Crippen molar-refractivity contribution in [3.05, 3.63) is 71.8 Å². The van der Waals surface area contributed by atoms with Gasteiger partial charge in [0.05, 0.1) is 0 Å². The first kappa shape index (κ1) is 17.1. The molecule has 4 rings (SSSR count). The summed E-state index contributed by atoms with van der Waals surface area (Å²) in [5, 5.41) is 0. The van der Waals surface area contributed by atoms with Crippen molar-refractivity contribution in [2.24, 2.45) is 0 Å². The van der Waals surface area contributed by atoms with Crippen LogP contribution in [0.3, 0.4) is 0 Å². The summed E-state index contributed by atoms with van der Waals surface area (Å²) in [5.41, 5.74) is 11.4. The van der Waals surface area contributed by atoms with Crippen LogP contribution in [0.5, 0.6) is 0 Å². The number of rotatable bonds is 2. The minimum atomic E-state index is 0.191. The van der Waals surface area contributed by atoms with Crippen LogP contribution in [0.25, 0.3) is 33.4 Å². The molecular weight excluding hydrogens is 312 g/mol. The Labute approximate surface area is 157 Å². The second-order valence-corrected chi connectivity index (χ2v) is 9.60. The van der Waals surface area contributed by atoms with Gasteiger partial charge in [-0.15, -0.1) is 0 Å². The molecule has 26 heavy (non-hydrogen) atoms. The molecule has 0 spiro atoms. The highest BCUT2D eigenvalue weighted by Gasteiger charge is 2.25. The predicted molar refractivity (Wildman–Crippen MR) is 114 cm³/mol. The van der Waals surface area contributed by atoms with Gasteiger partial charge in [-0.1, -0.05) is 90.1 Å². The first-order chi connectivity index (χ1) is 12.1. The summed E-state index contributed by atoms with van der Waals surface area (Å²) in [5.74, 6) is 0. The smallest absolute Gasteiger partial charge is 0.00264 e. The van der Waals surface area contributed by atoms with E-state index in [2.05, 4.69) is 102 Å². The van der Waals surface area contributed by atoms with Crippen LogP contribution in [-0.2, 0) is 10.8 Å². The molecule has 132 valence electrons. The zero-order chi connectivity index (χ0) is 18.7. The van der Waals surface area contributed by atoms with E-state index < -0.39 is 0 Å². The quantitative estimate of drug-likeness (QED) is 0.352. The Kier molecular flexibility index (Phi) is 3.67. The summed E-state index contributed by atoms with van der Waals surface area (Å²) in [6, 6.07) is 22.9. The Bertz CT molecular complexity index is 957. The van der Waals surface area contributed by atoms with Gasteiger partial charge < -0.3 is 0 Å². The Morgan fingerprint density at radius 1 is 0.462 bits per heavy atom. The van der Waals surface area contributed by atoms with Gasteiger partial charge in [0.15, 0.2) is 0 Å². The molecule has 0 N–H and O–H groups in total. The van der Waals surface area contributed by atoms with Gasteiger partial charge in [-0.05, 0) is 67.5 Å². The molecule has 2 aliphatic carbocycles. The SMILES string of the molecule is CC(C)(C)c1ccc(-c2cc3cc-3c2-c2ccc(C(C)(C)C)cc2)cc1. The van der Waals surface area contributed by atoms with Crippen molar-refractivity contribution in [3.63, 3.8) is 0 Å². The second kappa shape index (κ2) is 5.58. The van der Waals surface area contributed by atoms with Crippen LogP contribution in [0.2, 0.25) is 0 Å². The van der Waals surface area contributed by atoms with E-state index in [-0.39, 0.29) is 10.8 Å². The monoisotopic (exact) mass is 340 g/mol. The maximum atomic E-state index is 2.34. The summed E-state index contributed by atoms with van der Waals surface area (Å²) in [6.45, 7) is 13.6. The molecule has 0 unspecified atom stereocenters. The van der Waals surface area contributed by atoms with Crippen molar-refractivity contribution in [2.45, 2.75) is 52.4 Å². The van der Waals surface area contributed by atoms with E-state index in [4.69, 9.17) is 0 Å². The van der Waals surface area contributed by atoms with E-state index >= 15 is 0 Å². The molecule has 2 aromatic carbocycles. The van der Waals surface area contributed by atoms with Crippen molar-refractivity contribution in [3.8, 4) is 33.4 Å². The fraction of sp³-hybridized carbons (Fsp3) is 0.308. The van der Waals surface area contributed by atoms with E-state index in [0.29, 0.717) is 0 Å². The van der Waals surface area contributed by atoms with Crippen LogP contribution in [0.15, 0.2) is 60.7 Å². The largest absolute Gasteiger partial charge is 0.0579 e. The molecule has 0 bridgehead atoms. The maximum absolute atomic E-state index is 2.34. The van der Waals surface area contributed by atoms with Gasteiger partial charge in [0.2, 0.25) is 0 Å². The Balaban J connectivity index is 1.74. The Hall–Kier alpha value is -2.34. The molecule has 0 aromatic heterocycles. The average molecular weight is 341 g/mol. The number of hydrogen-bond acceptors (Lipinski definition) is 0. The topological polar surface area (TPSA) is 0 Å². The first-order valence-corrected chi connectivity index (χ1v) is 9.55. The highest BCUT2D eigenvalue weighted by Crippen LogP contribution is 2.51. The molecule has 2 aromatic rings. The zero-order valence-corrected chi connectivity index (χ0v) is 16.8. The fourth-order valence-corrected chi connectivity index (χ4v) is 3.65. The summed E-state index contributed by atoms with van der Waals surface area (Å²) in [4.78, 5) is 0. The number of fused-ring (bicyclic) bond motifs is 1. The summed E-state index contributed by atoms with van der Waals surface area (Å²) >= 11 is 0. The van der Waals surface area contributed by atoms with E-state index in [1.54, 1.807) is 0 Å². The standard InChI is InChI=1S/C26H28/c1-25(2,3)20-11-7-17(8-12-20)22-15-19-16-23(19)24(22)18-9-13-21(14-10-18)26(4,5)6/h7-16H,1-6H3. The number of benzene rings is 3. The predicted octanol–water partition coefficient (Wildman–Crippen LogP) is 7.60.